The third kappa shape index (κ3) is 4.87. The average Bonchev–Trinajstić information content (AvgIpc) is 2.63. The van der Waals surface area contributed by atoms with Gasteiger partial charge in [0, 0.05) is 25.3 Å². The highest BCUT2D eigenvalue weighted by Crippen LogP contribution is 2.23. The van der Waals surface area contributed by atoms with Crippen molar-refractivity contribution in [3.05, 3.63) is 64.7 Å². The van der Waals surface area contributed by atoms with Gasteiger partial charge in [0.1, 0.15) is 0 Å². The number of hydrogen-bond donors (Lipinski definition) is 1. The summed E-state index contributed by atoms with van der Waals surface area (Å²) in [6, 6.07) is 14.9. The smallest absolute Gasteiger partial charge is 0.224 e. The van der Waals surface area contributed by atoms with Gasteiger partial charge < -0.3 is 10.2 Å². The molecule has 3 nitrogen and oxygen atoms in total. The quantitative estimate of drug-likeness (QED) is 0.867. The van der Waals surface area contributed by atoms with Crippen molar-refractivity contribution in [3.8, 4) is 0 Å². The van der Waals surface area contributed by atoms with Crippen LogP contribution in [0.4, 0.5) is 5.69 Å². The maximum atomic E-state index is 12.3. The van der Waals surface area contributed by atoms with Crippen LogP contribution in [0.15, 0.2) is 42.5 Å². The molecule has 0 aromatic heterocycles. The molecule has 1 unspecified atom stereocenters. The predicted molar refractivity (Wildman–Crippen MR) is 109 cm³/mol. The third-order valence-corrected chi connectivity index (χ3v) is 5.30. The van der Waals surface area contributed by atoms with Crippen molar-refractivity contribution in [2.45, 2.75) is 46.6 Å². The number of carbonyl (C=O) groups is 1. The topological polar surface area (TPSA) is 32.3 Å². The maximum Gasteiger partial charge on any atom is 0.224 e. The fraction of sp³-hybridized carbons (Fsp3) is 0.435. The lowest BCUT2D eigenvalue weighted by Crippen LogP contribution is -2.34. The van der Waals surface area contributed by atoms with E-state index in [-0.39, 0.29) is 5.91 Å². The molecule has 0 bridgehead atoms. The summed E-state index contributed by atoms with van der Waals surface area (Å²) in [4.78, 5) is 14.7. The van der Waals surface area contributed by atoms with Gasteiger partial charge in [0.2, 0.25) is 5.91 Å². The first-order valence-electron chi connectivity index (χ1n) is 9.68. The minimum atomic E-state index is 0.0749. The van der Waals surface area contributed by atoms with E-state index in [4.69, 9.17) is 0 Å². The summed E-state index contributed by atoms with van der Waals surface area (Å²) in [6.07, 6.45) is 3.05. The van der Waals surface area contributed by atoms with Crippen LogP contribution in [-0.4, -0.2) is 19.0 Å². The molecule has 0 spiro atoms. The molecule has 2 aromatic rings. The van der Waals surface area contributed by atoms with E-state index in [1.165, 1.54) is 29.7 Å². The Morgan fingerprint density at radius 1 is 1.15 bits per heavy atom. The Hall–Kier alpha value is -2.29. The van der Waals surface area contributed by atoms with Gasteiger partial charge in [-0.05, 0) is 61.4 Å². The van der Waals surface area contributed by atoms with Crippen LogP contribution in [0.2, 0.25) is 0 Å². The zero-order chi connectivity index (χ0) is 18.5. The molecule has 3 rings (SSSR count). The second-order valence-corrected chi connectivity index (χ2v) is 7.74. The summed E-state index contributed by atoms with van der Waals surface area (Å²) >= 11 is 0. The van der Waals surface area contributed by atoms with Crippen LogP contribution < -0.4 is 10.2 Å². The number of amides is 1. The Morgan fingerprint density at radius 2 is 1.92 bits per heavy atom. The predicted octanol–water partition coefficient (Wildman–Crippen LogP) is 4.40. The van der Waals surface area contributed by atoms with E-state index >= 15 is 0 Å². The van der Waals surface area contributed by atoms with Crippen LogP contribution in [0.5, 0.6) is 0 Å². The molecule has 3 heteroatoms. The number of benzene rings is 2. The van der Waals surface area contributed by atoms with Gasteiger partial charge in [0.15, 0.2) is 0 Å². The van der Waals surface area contributed by atoms with Crippen LogP contribution in [0.25, 0.3) is 0 Å². The summed E-state index contributed by atoms with van der Waals surface area (Å²) in [5.41, 5.74) is 5.95. The van der Waals surface area contributed by atoms with Gasteiger partial charge in [-0.15, -0.1) is 0 Å². The first-order valence-corrected chi connectivity index (χ1v) is 9.68. The monoisotopic (exact) mass is 350 g/mol. The molecule has 1 amide bonds. The van der Waals surface area contributed by atoms with Gasteiger partial charge in [-0.3, -0.25) is 4.79 Å². The number of nitrogens with zero attached hydrogens (tertiary/aromatic N) is 1. The van der Waals surface area contributed by atoms with Crippen molar-refractivity contribution < 1.29 is 4.79 Å². The normalized spacial score (nSPS) is 17.2. The number of piperidine rings is 1. The molecule has 1 saturated heterocycles. The highest BCUT2D eigenvalue weighted by molar-refractivity contribution is 5.79. The van der Waals surface area contributed by atoms with Crippen LogP contribution >= 0.6 is 0 Å². The van der Waals surface area contributed by atoms with Crippen molar-refractivity contribution >= 4 is 11.6 Å². The second kappa shape index (κ2) is 8.39. The van der Waals surface area contributed by atoms with Crippen LogP contribution in [0.1, 0.15) is 42.0 Å². The van der Waals surface area contributed by atoms with Gasteiger partial charge in [-0.25, -0.2) is 0 Å². The fourth-order valence-electron chi connectivity index (χ4n) is 3.73. The van der Waals surface area contributed by atoms with Gasteiger partial charge in [0.25, 0.3) is 0 Å². The van der Waals surface area contributed by atoms with E-state index in [1.807, 2.05) is 0 Å². The Bertz CT molecular complexity index is 751. The zero-order valence-corrected chi connectivity index (χ0v) is 16.2. The number of carbonyl (C=O) groups excluding carboxylic acids is 1. The van der Waals surface area contributed by atoms with Crippen LogP contribution in [-0.2, 0) is 17.8 Å². The van der Waals surface area contributed by atoms with Crippen molar-refractivity contribution in [1.29, 1.82) is 0 Å². The molecule has 26 heavy (non-hydrogen) atoms. The molecule has 0 radical (unpaired) electrons. The van der Waals surface area contributed by atoms with Gasteiger partial charge in [-0.2, -0.15) is 0 Å². The van der Waals surface area contributed by atoms with Crippen LogP contribution in [0, 0.1) is 19.8 Å². The minimum Gasteiger partial charge on any atom is -0.371 e. The zero-order valence-electron chi connectivity index (χ0n) is 16.2. The molecular formula is C23H30N2O. The van der Waals surface area contributed by atoms with E-state index in [1.54, 1.807) is 0 Å². The molecule has 0 aliphatic carbocycles. The van der Waals surface area contributed by atoms with Crippen molar-refractivity contribution in [2.24, 2.45) is 5.92 Å². The standard InChI is InChI=1S/C23H30N2O/c1-17-6-9-21(19(3)13-17)14-23(26)24-15-20-7-10-22(11-8-20)25-12-4-5-18(2)16-25/h6-11,13,18H,4-5,12,14-16H2,1-3H3,(H,24,26). The van der Waals surface area contributed by atoms with Gasteiger partial charge in [0.05, 0.1) is 6.42 Å². The van der Waals surface area contributed by atoms with Gasteiger partial charge in [-0.1, -0.05) is 42.8 Å². The van der Waals surface area contributed by atoms with Crippen molar-refractivity contribution in [1.82, 2.24) is 5.32 Å². The van der Waals surface area contributed by atoms with E-state index < -0.39 is 0 Å². The molecule has 2 aromatic carbocycles. The Morgan fingerprint density at radius 3 is 2.62 bits per heavy atom. The SMILES string of the molecule is Cc1ccc(CC(=O)NCc2ccc(N3CCCC(C)C3)cc2)c(C)c1. The summed E-state index contributed by atoms with van der Waals surface area (Å²) in [7, 11) is 0. The number of aryl methyl sites for hydroxylation is 2. The minimum absolute atomic E-state index is 0.0749. The average molecular weight is 351 g/mol. The van der Waals surface area contributed by atoms with E-state index in [2.05, 4.69) is 73.5 Å². The molecule has 0 saturated carbocycles. The van der Waals surface area contributed by atoms with Crippen LogP contribution in [0.3, 0.4) is 0 Å². The van der Waals surface area contributed by atoms with E-state index in [0.717, 1.165) is 30.1 Å². The molecule has 1 heterocycles. The highest BCUT2D eigenvalue weighted by Gasteiger charge is 2.16. The number of rotatable bonds is 5. The number of nitrogens with one attached hydrogen (secondary N) is 1. The van der Waals surface area contributed by atoms with Gasteiger partial charge >= 0.3 is 0 Å². The summed E-state index contributed by atoms with van der Waals surface area (Å²) in [5.74, 6) is 0.846. The molecule has 138 valence electrons. The largest absolute Gasteiger partial charge is 0.371 e. The lowest BCUT2D eigenvalue weighted by molar-refractivity contribution is -0.120. The number of hydrogen-bond acceptors (Lipinski definition) is 2. The number of anilines is 1. The lowest BCUT2D eigenvalue weighted by atomic mass is 9.99. The lowest BCUT2D eigenvalue weighted by Gasteiger charge is -2.32. The Kier molecular flexibility index (Phi) is 5.97. The molecule has 1 aliphatic heterocycles. The molecule has 1 atom stereocenters. The second-order valence-electron chi connectivity index (χ2n) is 7.74. The highest BCUT2D eigenvalue weighted by atomic mass is 16.1. The first-order chi connectivity index (χ1) is 12.5. The molecule has 1 N–H and O–H groups in total. The van der Waals surface area contributed by atoms with Crippen molar-refractivity contribution in [3.63, 3.8) is 0 Å². The third-order valence-electron chi connectivity index (χ3n) is 5.30. The first kappa shape index (κ1) is 18.5. The van der Waals surface area contributed by atoms with E-state index in [0.29, 0.717) is 13.0 Å². The maximum absolute atomic E-state index is 12.3. The fourth-order valence-corrected chi connectivity index (χ4v) is 3.73. The Balaban J connectivity index is 1.52. The summed E-state index contributed by atoms with van der Waals surface area (Å²) < 4.78 is 0. The van der Waals surface area contributed by atoms with E-state index in [9.17, 15) is 4.79 Å². The molecular weight excluding hydrogens is 320 g/mol. The molecule has 1 aliphatic rings. The molecule has 1 fully saturated rings. The summed E-state index contributed by atoms with van der Waals surface area (Å²) in [6.45, 7) is 9.34. The Labute approximate surface area is 157 Å². The summed E-state index contributed by atoms with van der Waals surface area (Å²) in [5, 5.41) is 3.04. The van der Waals surface area contributed by atoms with Crippen molar-refractivity contribution in [2.75, 3.05) is 18.0 Å².